The van der Waals surface area contributed by atoms with Gasteiger partial charge < -0.3 is 14.4 Å². The summed E-state index contributed by atoms with van der Waals surface area (Å²) in [6.45, 7) is 5.19. The van der Waals surface area contributed by atoms with Gasteiger partial charge in [-0.1, -0.05) is 6.42 Å². The monoisotopic (exact) mass is 308 g/mol. The predicted octanol–water partition coefficient (Wildman–Crippen LogP) is 1.27. The van der Waals surface area contributed by atoms with E-state index in [9.17, 15) is 4.79 Å². The maximum absolute atomic E-state index is 12.6. The largest absolute Gasteiger partial charge is 0.378 e. The molecule has 5 nitrogen and oxygen atoms in total. The molecule has 1 aliphatic carbocycles. The Bertz CT molecular complexity index is 407. The number of hydrogen-bond donors (Lipinski definition) is 0. The number of nitrogens with zero attached hydrogens (tertiary/aromatic N) is 2. The van der Waals surface area contributed by atoms with Crippen molar-refractivity contribution in [3.8, 4) is 0 Å². The van der Waals surface area contributed by atoms with Crippen LogP contribution in [-0.2, 0) is 14.3 Å². The van der Waals surface area contributed by atoms with Gasteiger partial charge in [0.1, 0.15) is 6.10 Å². The third-order valence-electron chi connectivity index (χ3n) is 5.98. The molecule has 4 aliphatic rings. The molecule has 0 aromatic rings. The summed E-state index contributed by atoms with van der Waals surface area (Å²) in [5.74, 6) is 1.12. The lowest BCUT2D eigenvalue weighted by Crippen LogP contribution is -2.51. The summed E-state index contributed by atoms with van der Waals surface area (Å²) in [4.78, 5) is 17.2. The minimum atomic E-state index is -0.206. The van der Waals surface area contributed by atoms with Crippen molar-refractivity contribution >= 4 is 5.91 Å². The first-order valence-electron chi connectivity index (χ1n) is 9.07. The van der Waals surface area contributed by atoms with Crippen LogP contribution in [0.2, 0.25) is 0 Å². The molecule has 0 spiro atoms. The number of ether oxygens (including phenoxy) is 2. The van der Waals surface area contributed by atoms with E-state index in [-0.39, 0.29) is 18.1 Å². The van der Waals surface area contributed by atoms with Gasteiger partial charge in [-0.3, -0.25) is 9.69 Å². The summed E-state index contributed by atoms with van der Waals surface area (Å²) >= 11 is 0. The van der Waals surface area contributed by atoms with Crippen LogP contribution in [0.4, 0.5) is 0 Å². The van der Waals surface area contributed by atoms with E-state index in [4.69, 9.17) is 9.47 Å². The molecule has 3 heterocycles. The summed E-state index contributed by atoms with van der Waals surface area (Å²) in [7, 11) is 0. The standard InChI is InChI=1S/C17H28N2O3/c20-17(18-8-10-21-11-9-18)16-5-4-14-15(22-16)6-7-19(14)12-13-2-1-3-13/h13-16H,1-12H2/t14-,15-,16-/m1/s1. The van der Waals surface area contributed by atoms with Gasteiger partial charge in [0, 0.05) is 32.2 Å². The Balaban J connectivity index is 1.31. The summed E-state index contributed by atoms with van der Waals surface area (Å²) in [6, 6.07) is 0.564. The van der Waals surface area contributed by atoms with Gasteiger partial charge in [0.15, 0.2) is 0 Å². The first-order chi connectivity index (χ1) is 10.8. The quantitative estimate of drug-likeness (QED) is 0.787. The molecule has 1 saturated carbocycles. The highest BCUT2D eigenvalue weighted by Crippen LogP contribution is 2.35. The van der Waals surface area contributed by atoms with Crippen LogP contribution in [0.1, 0.15) is 38.5 Å². The maximum Gasteiger partial charge on any atom is 0.251 e. The number of morpholine rings is 1. The second-order valence-electron chi connectivity index (χ2n) is 7.33. The molecule has 124 valence electrons. The highest BCUT2D eigenvalue weighted by molar-refractivity contribution is 5.81. The second kappa shape index (κ2) is 6.46. The van der Waals surface area contributed by atoms with Gasteiger partial charge >= 0.3 is 0 Å². The van der Waals surface area contributed by atoms with E-state index >= 15 is 0 Å². The zero-order valence-corrected chi connectivity index (χ0v) is 13.4. The zero-order chi connectivity index (χ0) is 14.9. The number of hydrogen-bond acceptors (Lipinski definition) is 4. The van der Waals surface area contributed by atoms with E-state index in [2.05, 4.69) is 4.90 Å². The van der Waals surface area contributed by atoms with Crippen LogP contribution in [0.3, 0.4) is 0 Å². The third kappa shape index (κ3) is 2.91. The molecular formula is C17H28N2O3. The molecule has 22 heavy (non-hydrogen) atoms. The van der Waals surface area contributed by atoms with Crippen molar-refractivity contribution in [3.05, 3.63) is 0 Å². The highest BCUT2D eigenvalue weighted by Gasteiger charge is 2.43. The molecule has 0 bridgehead atoms. The molecule has 4 fully saturated rings. The summed E-state index contributed by atoms with van der Waals surface area (Å²) in [5, 5.41) is 0. The van der Waals surface area contributed by atoms with Crippen LogP contribution in [0, 0.1) is 5.92 Å². The van der Waals surface area contributed by atoms with E-state index in [1.807, 2.05) is 4.90 Å². The van der Waals surface area contributed by atoms with Gasteiger partial charge in [-0.05, 0) is 38.0 Å². The zero-order valence-electron chi connectivity index (χ0n) is 13.4. The fourth-order valence-corrected chi connectivity index (χ4v) is 4.42. The lowest BCUT2D eigenvalue weighted by molar-refractivity contribution is -0.158. The molecule has 3 atom stereocenters. The molecule has 3 saturated heterocycles. The molecule has 0 radical (unpaired) electrons. The van der Waals surface area contributed by atoms with Crippen molar-refractivity contribution in [3.63, 3.8) is 0 Å². The Morgan fingerprint density at radius 2 is 1.82 bits per heavy atom. The fourth-order valence-electron chi connectivity index (χ4n) is 4.42. The number of amides is 1. The molecule has 1 amide bonds. The number of likely N-dealkylation sites (tertiary alicyclic amines) is 1. The van der Waals surface area contributed by atoms with Crippen LogP contribution < -0.4 is 0 Å². The van der Waals surface area contributed by atoms with Crippen molar-refractivity contribution in [2.24, 2.45) is 5.92 Å². The minimum absolute atomic E-state index is 0.194. The van der Waals surface area contributed by atoms with E-state index in [0.717, 1.165) is 44.8 Å². The SMILES string of the molecule is O=C([C@H]1CC[C@@H]2[C@@H](CCN2CC2CCC2)O1)N1CCOCC1. The normalized spacial score (nSPS) is 36.9. The average Bonchev–Trinajstić information content (AvgIpc) is 2.93. The average molecular weight is 308 g/mol. The molecule has 0 aromatic heterocycles. The van der Waals surface area contributed by atoms with Crippen molar-refractivity contribution in [2.75, 3.05) is 39.4 Å². The van der Waals surface area contributed by atoms with Crippen LogP contribution in [0.15, 0.2) is 0 Å². The molecule has 5 heteroatoms. The lowest BCUT2D eigenvalue weighted by Gasteiger charge is -2.39. The number of carbonyl (C=O) groups is 1. The molecule has 0 aromatic carbocycles. The summed E-state index contributed by atoms with van der Waals surface area (Å²) in [5.41, 5.74) is 0. The van der Waals surface area contributed by atoms with Gasteiger partial charge in [0.25, 0.3) is 5.91 Å². The van der Waals surface area contributed by atoms with Crippen LogP contribution >= 0.6 is 0 Å². The molecule has 3 aliphatic heterocycles. The molecule has 4 rings (SSSR count). The topological polar surface area (TPSA) is 42.0 Å². The lowest BCUT2D eigenvalue weighted by atomic mass is 9.84. The first kappa shape index (κ1) is 14.9. The van der Waals surface area contributed by atoms with Gasteiger partial charge in [-0.25, -0.2) is 0 Å². The van der Waals surface area contributed by atoms with Gasteiger partial charge in [0.2, 0.25) is 0 Å². The first-order valence-corrected chi connectivity index (χ1v) is 9.07. The highest BCUT2D eigenvalue weighted by atomic mass is 16.5. The minimum Gasteiger partial charge on any atom is -0.378 e. The summed E-state index contributed by atoms with van der Waals surface area (Å²) < 4.78 is 11.5. The Morgan fingerprint density at radius 1 is 1.00 bits per heavy atom. The fraction of sp³-hybridized carbons (Fsp3) is 0.941. The Hall–Kier alpha value is -0.650. The Morgan fingerprint density at radius 3 is 2.55 bits per heavy atom. The van der Waals surface area contributed by atoms with Crippen molar-refractivity contribution in [1.82, 2.24) is 9.80 Å². The van der Waals surface area contributed by atoms with Crippen molar-refractivity contribution in [2.45, 2.75) is 56.8 Å². The second-order valence-corrected chi connectivity index (χ2v) is 7.33. The van der Waals surface area contributed by atoms with Gasteiger partial charge in [0.05, 0.1) is 19.3 Å². The van der Waals surface area contributed by atoms with Crippen LogP contribution in [0.25, 0.3) is 0 Å². The third-order valence-corrected chi connectivity index (χ3v) is 5.98. The van der Waals surface area contributed by atoms with E-state index in [1.165, 1.54) is 25.8 Å². The van der Waals surface area contributed by atoms with Gasteiger partial charge in [-0.15, -0.1) is 0 Å². The van der Waals surface area contributed by atoms with E-state index < -0.39 is 0 Å². The van der Waals surface area contributed by atoms with E-state index in [0.29, 0.717) is 19.3 Å². The molecule has 0 N–H and O–H groups in total. The molecule has 0 unspecified atom stereocenters. The smallest absolute Gasteiger partial charge is 0.251 e. The van der Waals surface area contributed by atoms with Crippen molar-refractivity contribution < 1.29 is 14.3 Å². The molecular weight excluding hydrogens is 280 g/mol. The Labute approximate surface area is 132 Å². The maximum atomic E-state index is 12.6. The summed E-state index contributed by atoms with van der Waals surface area (Å²) in [6.07, 6.45) is 7.42. The predicted molar refractivity (Wildman–Crippen MR) is 82.6 cm³/mol. The van der Waals surface area contributed by atoms with Gasteiger partial charge in [-0.2, -0.15) is 0 Å². The Kier molecular flexibility index (Phi) is 4.38. The van der Waals surface area contributed by atoms with Crippen LogP contribution in [0.5, 0.6) is 0 Å². The van der Waals surface area contributed by atoms with Crippen molar-refractivity contribution in [1.29, 1.82) is 0 Å². The number of carbonyl (C=O) groups excluding carboxylic acids is 1. The number of fused-ring (bicyclic) bond motifs is 1. The number of rotatable bonds is 3. The van der Waals surface area contributed by atoms with Crippen LogP contribution in [-0.4, -0.2) is 73.3 Å². The van der Waals surface area contributed by atoms with E-state index in [1.54, 1.807) is 0 Å².